The van der Waals surface area contributed by atoms with Crippen molar-refractivity contribution in [2.75, 3.05) is 44.4 Å². The highest BCUT2D eigenvalue weighted by Crippen LogP contribution is 2.32. The molecular weight excluding hydrogens is 426 g/mol. The minimum absolute atomic E-state index is 0.0471. The number of piperidine rings is 1. The molecule has 0 bridgehead atoms. The fourth-order valence-corrected chi connectivity index (χ4v) is 4.75. The molecule has 0 aromatic heterocycles. The first-order chi connectivity index (χ1) is 15.2. The van der Waals surface area contributed by atoms with Crippen molar-refractivity contribution in [3.8, 4) is 0 Å². The number of thiol groups is 1. The Kier molecular flexibility index (Phi) is 10.0. The van der Waals surface area contributed by atoms with Gasteiger partial charge in [-0.2, -0.15) is 12.6 Å². The number of nitrogens with one attached hydrogen (secondary N) is 2. The monoisotopic (exact) mass is 461 g/mol. The van der Waals surface area contributed by atoms with Crippen molar-refractivity contribution < 1.29 is 4.74 Å². The molecular formula is C25H36ClN3OS. The molecule has 6 heteroatoms. The zero-order valence-corrected chi connectivity index (χ0v) is 20.4. The first-order valence-electron chi connectivity index (χ1n) is 11.3. The van der Waals surface area contributed by atoms with Crippen LogP contribution in [0.25, 0.3) is 0 Å². The van der Waals surface area contributed by atoms with Gasteiger partial charge in [0.2, 0.25) is 0 Å². The van der Waals surface area contributed by atoms with E-state index in [9.17, 15) is 0 Å². The minimum Gasteiger partial charge on any atom is -0.367 e. The Morgan fingerprint density at radius 3 is 2.71 bits per heavy atom. The van der Waals surface area contributed by atoms with Gasteiger partial charge in [0, 0.05) is 37.5 Å². The first kappa shape index (κ1) is 24.4. The van der Waals surface area contributed by atoms with Crippen LogP contribution in [-0.4, -0.2) is 39.5 Å². The number of hydrogen-bond acceptors (Lipinski definition) is 5. The van der Waals surface area contributed by atoms with Crippen molar-refractivity contribution in [1.29, 1.82) is 0 Å². The Morgan fingerprint density at radius 2 is 1.97 bits per heavy atom. The maximum Gasteiger partial charge on any atom is 0.133 e. The number of halogens is 1. The van der Waals surface area contributed by atoms with E-state index in [4.69, 9.17) is 16.3 Å². The molecule has 1 unspecified atom stereocenters. The van der Waals surface area contributed by atoms with Crippen LogP contribution < -0.4 is 15.5 Å². The smallest absolute Gasteiger partial charge is 0.133 e. The summed E-state index contributed by atoms with van der Waals surface area (Å²) in [6.45, 7) is 5.19. The maximum atomic E-state index is 6.40. The van der Waals surface area contributed by atoms with Gasteiger partial charge in [0.15, 0.2) is 0 Å². The van der Waals surface area contributed by atoms with Crippen LogP contribution in [0.15, 0.2) is 42.5 Å². The lowest BCUT2D eigenvalue weighted by Gasteiger charge is -2.33. The highest BCUT2D eigenvalue weighted by atomic mass is 35.5. The third-order valence-electron chi connectivity index (χ3n) is 6.23. The average molecular weight is 462 g/mol. The normalized spacial score (nSPS) is 17.5. The summed E-state index contributed by atoms with van der Waals surface area (Å²) in [5.41, 5.74) is 5.14. The van der Waals surface area contributed by atoms with Gasteiger partial charge in [-0.1, -0.05) is 35.9 Å². The molecule has 2 aliphatic rings. The second-order valence-corrected chi connectivity index (χ2v) is 8.63. The SMILES string of the molecule is COC(NCC1CCNCC1)c1ccc2c(c1)CCCN2Cc1ccccc1Cl.CS. The number of methoxy groups -OCH3 is 1. The van der Waals surface area contributed by atoms with Crippen molar-refractivity contribution in [1.82, 2.24) is 10.6 Å². The van der Waals surface area contributed by atoms with Crippen LogP contribution in [0.4, 0.5) is 5.69 Å². The standard InChI is InChI=1S/C24H32ClN3O.CH4S/c1-29-24(27-16-18-10-12-26-13-11-18)20-8-9-23-19(15-20)6-4-14-28(23)17-21-5-2-3-7-22(21)25;1-2/h2-3,5,7-9,15,18,24,26-27H,4,6,10-14,16-17H2,1H3;2H,1H3. The van der Waals surface area contributed by atoms with E-state index < -0.39 is 0 Å². The van der Waals surface area contributed by atoms with E-state index in [-0.39, 0.29) is 6.23 Å². The highest BCUT2D eigenvalue weighted by Gasteiger charge is 2.21. The van der Waals surface area contributed by atoms with Crippen molar-refractivity contribution in [3.63, 3.8) is 0 Å². The van der Waals surface area contributed by atoms with E-state index in [1.165, 1.54) is 41.6 Å². The molecule has 0 radical (unpaired) electrons. The fourth-order valence-electron chi connectivity index (χ4n) is 4.55. The predicted octanol–water partition coefficient (Wildman–Crippen LogP) is 5.07. The van der Waals surface area contributed by atoms with E-state index >= 15 is 0 Å². The fraction of sp³-hybridized carbons (Fsp3) is 0.520. The Morgan fingerprint density at radius 1 is 1.19 bits per heavy atom. The zero-order chi connectivity index (χ0) is 22.1. The molecule has 1 saturated heterocycles. The lowest BCUT2D eigenvalue weighted by atomic mass is 9.96. The van der Waals surface area contributed by atoms with E-state index in [0.29, 0.717) is 0 Å². The number of anilines is 1. The molecule has 31 heavy (non-hydrogen) atoms. The van der Waals surface area contributed by atoms with Gasteiger partial charge >= 0.3 is 0 Å². The van der Waals surface area contributed by atoms with Crippen LogP contribution in [0.5, 0.6) is 0 Å². The van der Waals surface area contributed by atoms with Gasteiger partial charge in [-0.25, -0.2) is 0 Å². The molecule has 0 saturated carbocycles. The van der Waals surface area contributed by atoms with Gasteiger partial charge in [0.05, 0.1) is 0 Å². The van der Waals surface area contributed by atoms with Crippen molar-refractivity contribution in [3.05, 3.63) is 64.2 Å². The molecule has 1 atom stereocenters. The highest BCUT2D eigenvalue weighted by molar-refractivity contribution is 7.79. The summed E-state index contributed by atoms with van der Waals surface area (Å²) in [6, 6.07) is 15.0. The predicted molar refractivity (Wildman–Crippen MR) is 136 cm³/mol. The number of benzene rings is 2. The van der Waals surface area contributed by atoms with Crippen LogP contribution >= 0.6 is 24.2 Å². The molecule has 2 heterocycles. The second kappa shape index (κ2) is 12.7. The average Bonchev–Trinajstić information content (AvgIpc) is 2.83. The molecule has 2 aromatic carbocycles. The summed E-state index contributed by atoms with van der Waals surface area (Å²) >= 11 is 9.93. The molecule has 2 aliphatic heterocycles. The van der Waals surface area contributed by atoms with Crippen molar-refractivity contribution in [2.24, 2.45) is 5.92 Å². The van der Waals surface area contributed by atoms with Gasteiger partial charge in [0.1, 0.15) is 6.23 Å². The molecule has 2 N–H and O–H groups in total. The van der Waals surface area contributed by atoms with Crippen LogP contribution in [0.2, 0.25) is 5.02 Å². The van der Waals surface area contributed by atoms with Gasteiger partial charge in [-0.05, 0) is 85.8 Å². The Hall–Kier alpha value is -1.24. The second-order valence-electron chi connectivity index (χ2n) is 8.22. The van der Waals surface area contributed by atoms with Crippen LogP contribution in [0, 0.1) is 5.92 Å². The van der Waals surface area contributed by atoms with Gasteiger partial charge in [-0.3, -0.25) is 5.32 Å². The van der Waals surface area contributed by atoms with E-state index in [1.807, 2.05) is 12.1 Å². The summed E-state index contributed by atoms with van der Waals surface area (Å²) in [5, 5.41) is 7.92. The van der Waals surface area contributed by atoms with Gasteiger partial charge in [0.25, 0.3) is 0 Å². The maximum absolute atomic E-state index is 6.40. The third-order valence-corrected chi connectivity index (χ3v) is 6.60. The number of nitrogens with zero attached hydrogens (tertiary/aromatic N) is 1. The molecule has 170 valence electrons. The molecule has 0 amide bonds. The van der Waals surface area contributed by atoms with E-state index in [2.05, 4.69) is 58.5 Å². The largest absolute Gasteiger partial charge is 0.367 e. The van der Waals surface area contributed by atoms with Crippen molar-refractivity contribution >= 4 is 29.9 Å². The number of hydrogen-bond donors (Lipinski definition) is 3. The molecule has 2 aromatic rings. The first-order valence-corrected chi connectivity index (χ1v) is 12.5. The number of rotatable bonds is 7. The molecule has 4 nitrogen and oxygen atoms in total. The Labute approximate surface area is 198 Å². The summed E-state index contributed by atoms with van der Waals surface area (Å²) in [4.78, 5) is 2.45. The summed E-state index contributed by atoms with van der Waals surface area (Å²) in [6.07, 6.45) is 6.41. The minimum atomic E-state index is -0.0471. The summed E-state index contributed by atoms with van der Waals surface area (Å²) < 4.78 is 5.80. The zero-order valence-electron chi connectivity index (χ0n) is 18.7. The van der Waals surface area contributed by atoms with Crippen LogP contribution in [0.1, 0.15) is 42.2 Å². The van der Waals surface area contributed by atoms with Crippen LogP contribution in [0.3, 0.4) is 0 Å². The Bertz CT molecular complexity index is 813. The molecule has 1 fully saturated rings. The summed E-state index contributed by atoms with van der Waals surface area (Å²) in [5.74, 6) is 0.734. The van der Waals surface area contributed by atoms with E-state index in [0.717, 1.165) is 50.1 Å². The molecule has 0 spiro atoms. The third kappa shape index (κ3) is 6.62. The van der Waals surface area contributed by atoms with Crippen molar-refractivity contribution in [2.45, 2.75) is 38.5 Å². The number of aryl methyl sites for hydroxylation is 1. The summed E-state index contributed by atoms with van der Waals surface area (Å²) in [7, 11) is 1.79. The van der Waals surface area contributed by atoms with Gasteiger partial charge < -0.3 is 15.0 Å². The molecule has 4 rings (SSSR count). The number of fused-ring (bicyclic) bond motifs is 1. The lowest BCUT2D eigenvalue weighted by Crippen LogP contribution is -2.35. The topological polar surface area (TPSA) is 36.5 Å². The number of ether oxygens (including phenoxy) is 1. The Balaban J connectivity index is 0.00000132. The molecule has 0 aliphatic carbocycles. The van der Waals surface area contributed by atoms with Crippen LogP contribution in [-0.2, 0) is 17.7 Å². The quantitative estimate of drug-likeness (QED) is 0.397. The van der Waals surface area contributed by atoms with E-state index in [1.54, 1.807) is 13.4 Å². The van der Waals surface area contributed by atoms with Gasteiger partial charge in [-0.15, -0.1) is 0 Å². The lowest BCUT2D eigenvalue weighted by molar-refractivity contribution is 0.0681.